The van der Waals surface area contributed by atoms with Gasteiger partial charge in [-0.1, -0.05) is 12.1 Å². The summed E-state index contributed by atoms with van der Waals surface area (Å²) < 4.78 is 0. The molecular formula is C17H20N4O2S. The number of hydrogen-bond donors (Lipinski definition) is 1. The van der Waals surface area contributed by atoms with Gasteiger partial charge in [0.1, 0.15) is 11.7 Å². The van der Waals surface area contributed by atoms with Crippen LogP contribution in [0.25, 0.3) is 11.0 Å². The number of carbonyl (C=O) groups excluding carboxylic acids is 2. The van der Waals surface area contributed by atoms with Crippen LogP contribution in [0, 0.1) is 0 Å². The van der Waals surface area contributed by atoms with Gasteiger partial charge in [0.2, 0.25) is 5.91 Å². The molecule has 1 aromatic carbocycles. The van der Waals surface area contributed by atoms with Gasteiger partial charge in [-0.3, -0.25) is 14.6 Å². The molecule has 2 heterocycles. The van der Waals surface area contributed by atoms with Gasteiger partial charge in [0.25, 0.3) is 5.91 Å². The molecule has 1 aliphatic heterocycles. The van der Waals surface area contributed by atoms with Gasteiger partial charge in [0.05, 0.1) is 23.1 Å². The van der Waals surface area contributed by atoms with E-state index < -0.39 is 6.04 Å². The van der Waals surface area contributed by atoms with Crippen molar-refractivity contribution in [1.29, 1.82) is 0 Å². The molecule has 126 valence electrons. The third kappa shape index (κ3) is 3.51. The summed E-state index contributed by atoms with van der Waals surface area (Å²) in [6.45, 7) is 5.77. The number of aromatic nitrogens is 2. The second kappa shape index (κ2) is 6.39. The number of nitrogens with one attached hydrogen (secondary N) is 1. The van der Waals surface area contributed by atoms with Crippen LogP contribution in [0.2, 0.25) is 0 Å². The van der Waals surface area contributed by atoms with E-state index in [0.29, 0.717) is 17.1 Å². The highest BCUT2D eigenvalue weighted by Crippen LogP contribution is 2.24. The molecule has 0 radical (unpaired) electrons. The van der Waals surface area contributed by atoms with Crippen LogP contribution in [-0.2, 0) is 4.79 Å². The lowest BCUT2D eigenvalue weighted by molar-refractivity contribution is -0.125. The first-order valence-corrected chi connectivity index (χ1v) is 8.93. The fourth-order valence-corrected chi connectivity index (χ4v) is 3.67. The maximum atomic E-state index is 12.8. The molecule has 0 spiro atoms. The average molecular weight is 344 g/mol. The van der Waals surface area contributed by atoms with E-state index in [4.69, 9.17) is 0 Å². The van der Waals surface area contributed by atoms with E-state index in [1.165, 1.54) is 6.20 Å². The first kappa shape index (κ1) is 16.7. The minimum Gasteiger partial charge on any atom is -0.350 e. The predicted octanol–water partition coefficient (Wildman–Crippen LogP) is 2.06. The quantitative estimate of drug-likeness (QED) is 0.902. The van der Waals surface area contributed by atoms with Gasteiger partial charge >= 0.3 is 0 Å². The number of para-hydroxylation sites is 2. The summed E-state index contributed by atoms with van der Waals surface area (Å²) in [5, 5.41) is 2.94. The second-order valence-electron chi connectivity index (χ2n) is 6.77. The third-order valence-electron chi connectivity index (χ3n) is 3.61. The molecule has 0 aliphatic carbocycles. The van der Waals surface area contributed by atoms with Crippen LogP contribution in [0.15, 0.2) is 30.5 Å². The topological polar surface area (TPSA) is 75.2 Å². The first-order chi connectivity index (χ1) is 11.3. The Bertz CT molecular complexity index is 787. The Balaban J connectivity index is 1.83. The number of carbonyl (C=O) groups is 2. The molecule has 2 amide bonds. The molecule has 1 aromatic heterocycles. The highest BCUT2D eigenvalue weighted by atomic mass is 32.2. The van der Waals surface area contributed by atoms with Crippen LogP contribution < -0.4 is 5.32 Å². The van der Waals surface area contributed by atoms with Gasteiger partial charge in [-0.25, -0.2) is 4.98 Å². The summed E-state index contributed by atoms with van der Waals surface area (Å²) in [5.41, 5.74) is 1.35. The van der Waals surface area contributed by atoms with E-state index in [0.717, 1.165) is 5.52 Å². The Kier molecular flexibility index (Phi) is 4.45. The van der Waals surface area contributed by atoms with E-state index in [9.17, 15) is 9.59 Å². The third-order valence-corrected chi connectivity index (χ3v) is 4.62. The van der Waals surface area contributed by atoms with Crippen molar-refractivity contribution >= 4 is 34.6 Å². The van der Waals surface area contributed by atoms with Crippen LogP contribution >= 0.6 is 11.8 Å². The molecular weight excluding hydrogens is 324 g/mol. The molecule has 1 fully saturated rings. The van der Waals surface area contributed by atoms with Gasteiger partial charge in [0, 0.05) is 11.3 Å². The number of rotatable bonds is 2. The van der Waals surface area contributed by atoms with E-state index in [1.807, 2.05) is 45.0 Å². The van der Waals surface area contributed by atoms with Gasteiger partial charge < -0.3 is 10.2 Å². The Morgan fingerprint density at radius 3 is 2.67 bits per heavy atom. The fourth-order valence-electron chi connectivity index (χ4n) is 2.52. The van der Waals surface area contributed by atoms with E-state index in [2.05, 4.69) is 15.3 Å². The number of fused-ring (bicyclic) bond motifs is 1. The second-order valence-corrected chi connectivity index (χ2v) is 7.77. The molecule has 6 nitrogen and oxygen atoms in total. The van der Waals surface area contributed by atoms with Crippen LogP contribution in [0.5, 0.6) is 0 Å². The lowest BCUT2D eigenvalue weighted by atomic mass is 10.1. The molecule has 0 bridgehead atoms. The number of amides is 2. The summed E-state index contributed by atoms with van der Waals surface area (Å²) in [5.74, 6) is 0.687. The smallest absolute Gasteiger partial charge is 0.275 e. The lowest BCUT2D eigenvalue weighted by Crippen LogP contribution is -2.52. The number of thioether (sulfide) groups is 1. The predicted molar refractivity (Wildman–Crippen MR) is 94.7 cm³/mol. The van der Waals surface area contributed by atoms with Crippen LogP contribution in [0.3, 0.4) is 0 Å². The maximum absolute atomic E-state index is 12.8. The van der Waals surface area contributed by atoms with Crippen molar-refractivity contribution in [2.75, 3.05) is 11.6 Å². The Morgan fingerprint density at radius 2 is 1.96 bits per heavy atom. The van der Waals surface area contributed by atoms with Gasteiger partial charge in [-0.15, -0.1) is 11.8 Å². The zero-order valence-corrected chi connectivity index (χ0v) is 14.8. The van der Waals surface area contributed by atoms with Crippen molar-refractivity contribution in [3.63, 3.8) is 0 Å². The van der Waals surface area contributed by atoms with Crippen molar-refractivity contribution in [2.45, 2.75) is 32.4 Å². The van der Waals surface area contributed by atoms with Crippen molar-refractivity contribution in [3.05, 3.63) is 36.2 Å². The highest BCUT2D eigenvalue weighted by molar-refractivity contribution is 7.99. The average Bonchev–Trinajstić information content (AvgIpc) is 3.02. The monoisotopic (exact) mass is 344 g/mol. The maximum Gasteiger partial charge on any atom is 0.275 e. The summed E-state index contributed by atoms with van der Waals surface area (Å²) in [4.78, 5) is 35.5. The summed E-state index contributed by atoms with van der Waals surface area (Å²) in [6.07, 6.45) is 1.48. The van der Waals surface area contributed by atoms with Crippen molar-refractivity contribution < 1.29 is 9.59 Å². The Hall–Kier alpha value is -2.15. The molecule has 0 saturated carbocycles. The molecule has 7 heteroatoms. The van der Waals surface area contributed by atoms with Gasteiger partial charge in [-0.2, -0.15) is 0 Å². The molecule has 3 rings (SSSR count). The number of hydrogen-bond acceptors (Lipinski definition) is 5. The molecule has 1 aliphatic rings. The largest absolute Gasteiger partial charge is 0.350 e. The standard InChI is InChI=1S/C17H20N4O2S/c1-17(2,3)20-15(22)14-9-24-10-21(14)16(23)13-8-18-11-6-4-5-7-12(11)19-13/h4-8,14H,9-10H2,1-3H3,(H,20,22)/t14-/m1/s1. The van der Waals surface area contributed by atoms with Crippen LogP contribution in [-0.4, -0.2) is 49.9 Å². The summed E-state index contributed by atoms with van der Waals surface area (Å²) in [7, 11) is 0. The van der Waals surface area contributed by atoms with Crippen molar-refractivity contribution in [1.82, 2.24) is 20.2 Å². The molecule has 1 saturated heterocycles. The number of nitrogens with zero attached hydrogens (tertiary/aromatic N) is 3. The van der Waals surface area contributed by atoms with Crippen LogP contribution in [0.4, 0.5) is 0 Å². The Morgan fingerprint density at radius 1 is 1.25 bits per heavy atom. The fraction of sp³-hybridized carbons (Fsp3) is 0.412. The summed E-state index contributed by atoms with van der Waals surface area (Å²) >= 11 is 1.57. The van der Waals surface area contributed by atoms with E-state index in [1.54, 1.807) is 16.7 Å². The lowest BCUT2D eigenvalue weighted by Gasteiger charge is -2.27. The normalized spacial score (nSPS) is 18.0. The minimum absolute atomic E-state index is 0.130. The van der Waals surface area contributed by atoms with E-state index >= 15 is 0 Å². The number of benzene rings is 1. The zero-order chi connectivity index (χ0) is 17.3. The first-order valence-electron chi connectivity index (χ1n) is 7.78. The zero-order valence-electron chi connectivity index (χ0n) is 13.9. The minimum atomic E-state index is -0.477. The molecule has 1 N–H and O–H groups in total. The van der Waals surface area contributed by atoms with Crippen molar-refractivity contribution in [3.8, 4) is 0 Å². The van der Waals surface area contributed by atoms with Crippen LogP contribution in [0.1, 0.15) is 31.3 Å². The molecule has 2 aromatic rings. The van der Waals surface area contributed by atoms with E-state index in [-0.39, 0.29) is 23.0 Å². The summed E-state index contributed by atoms with van der Waals surface area (Å²) in [6, 6.07) is 6.93. The van der Waals surface area contributed by atoms with Crippen molar-refractivity contribution in [2.24, 2.45) is 0 Å². The SMILES string of the molecule is CC(C)(C)NC(=O)[C@H]1CSCN1C(=O)c1cnc2ccccc2n1. The van der Waals surface area contributed by atoms with Gasteiger partial charge in [0.15, 0.2) is 0 Å². The Labute approximate surface area is 145 Å². The van der Waals surface area contributed by atoms with Gasteiger partial charge in [-0.05, 0) is 32.9 Å². The molecule has 1 atom stereocenters. The highest BCUT2D eigenvalue weighted by Gasteiger charge is 2.36. The molecule has 24 heavy (non-hydrogen) atoms. The molecule has 0 unspecified atom stereocenters.